The van der Waals surface area contributed by atoms with E-state index in [2.05, 4.69) is 0 Å². The lowest BCUT2D eigenvalue weighted by Crippen LogP contribution is -2.50. The molecule has 44 heavy (non-hydrogen) atoms. The third-order valence-corrected chi connectivity index (χ3v) is 7.96. The van der Waals surface area contributed by atoms with Crippen molar-refractivity contribution in [3.8, 4) is 17.2 Å². The number of hydrogen-bond donors (Lipinski definition) is 1. The molecule has 3 aromatic rings. The third kappa shape index (κ3) is 8.30. The lowest BCUT2D eigenvalue weighted by molar-refractivity contribution is -0.162. The van der Waals surface area contributed by atoms with Crippen LogP contribution in [0, 0.1) is 0 Å². The molecule has 0 spiro atoms. The average Bonchev–Trinajstić information content (AvgIpc) is 3.06. The van der Waals surface area contributed by atoms with Crippen molar-refractivity contribution in [2.45, 2.75) is 63.5 Å². The molecule has 9 heteroatoms. The SMILES string of the molecule is CC[C@@H](C(=O)N1CCCC[C@H]1C(=O)OC(CCc1ccc(OC)c(OC)c1)c1cccc(OCC(=O)O)c1)c1ccccc1. The summed E-state index contributed by atoms with van der Waals surface area (Å²) in [6.45, 7) is 1.99. The van der Waals surface area contributed by atoms with Gasteiger partial charge in [0.1, 0.15) is 17.9 Å². The summed E-state index contributed by atoms with van der Waals surface area (Å²) in [5, 5.41) is 9.06. The number of aryl methyl sites for hydroxylation is 1. The molecule has 0 radical (unpaired) electrons. The van der Waals surface area contributed by atoms with E-state index < -0.39 is 30.7 Å². The molecule has 3 atom stereocenters. The molecule has 0 saturated carbocycles. The first kappa shape index (κ1) is 32.4. The summed E-state index contributed by atoms with van der Waals surface area (Å²) in [5.41, 5.74) is 2.57. The molecule has 1 aliphatic rings. The summed E-state index contributed by atoms with van der Waals surface area (Å²) < 4.78 is 22.4. The van der Waals surface area contributed by atoms with Crippen molar-refractivity contribution < 1.29 is 38.4 Å². The maximum atomic E-state index is 13.9. The van der Waals surface area contributed by atoms with Gasteiger partial charge in [-0.25, -0.2) is 9.59 Å². The van der Waals surface area contributed by atoms with E-state index in [-0.39, 0.29) is 11.8 Å². The van der Waals surface area contributed by atoms with E-state index in [1.807, 2.05) is 61.5 Å². The third-order valence-electron chi connectivity index (χ3n) is 7.96. The fourth-order valence-corrected chi connectivity index (χ4v) is 5.67. The Morgan fingerprint density at radius 1 is 0.909 bits per heavy atom. The van der Waals surface area contributed by atoms with E-state index in [0.29, 0.717) is 55.0 Å². The molecule has 0 bridgehead atoms. The quantitative estimate of drug-likeness (QED) is 0.225. The molecular weight excluding hydrogens is 562 g/mol. The summed E-state index contributed by atoms with van der Waals surface area (Å²) in [6, 6.07) is 21.6. The zero-order chi connectivity index (χ0) is 31.5. The van der Waals surface area contributed by atoms with Gasteiger partial charge in [-0.05, 0) is 79.5 Å². The van der Waals surface area contributed by atoms with Crippen LogP contribution in [0.15, 0.2) is 72.8 Å². The predicted octanol–water partition coefficient (Wildman–Crippen LogP) is 5.96. The number of esters is 1. The maximum absolute atomic E-state index is 13.9. The van der Waals surface area contributed by atoms with E-state index in [9.17, 15) is 14.4 Å². The van der Waals surface area contributed by atoms with Gasteiger partial charge in [0.25, 0.3) is 0 Å². The van der Waals surface area contributed by atoms with Crippen LogP contribution in [-0.4, -0.2) is 61.3 Å². The number of likely N-dealkylation sites (tertiary alicyclic amines) is 1. The summed E-state index contributed by atoms with van der Waals surface area (Å²) in [6.07, 6.45) is 3.12. The van der Waals surface area contributed by atoms with Gasteiger partial charge in [-0.3, -0.25) is 4.79 Å². The van der Waals surface area contributed by atoms with Crippen LogP contribution in [0.3, 0.4) is 0 Å². The molecule has 1 amide bonds. The minimum atomic E-state index is -1.09. The van der Waals surface area contributed by atoms with Gasteiger partial charge < -0.3 is 29.0 Å². The van der Waals surface area contributed by atoms with Crippen molar-refractivity contribution >= 4 is 17.8 Å². The molecule has 3 aromatic carbocycles. The van der Waals surface area contributed by atoms with Crippen molar-refractivity contribution in [3.63, 3.8) is 0 Å². The number of nitrogens with zero attached hydrogens (tertiary/aromatic N) is 1. The number of carboxylic acids is 1. The maximum Gasteiger partial charge on any atom is 0.341 e. The zero-order valence-electron chi connectivity index (χ0n) is 25.6. The van der Waals surface area contributed by atoms with Gasteiger partial charge in [0, 0.05) is 6.54 Å². The lowest BCUT2D eigenvalue weighted by Gasteiger charge is -2.37. The fourth-order valence-electron chi connectivity index (χ4n) is 5.67. The Balaban J connectivity index is 1.57. The van der Waals surface area contributed by atoms with E-state index in [0.717, 1.165) is 24.0 Å². The predicted molar refractivity (Wildman–Crippen MR) is 165 cm³/mol. The highest BCUT2D eigenvalue weighted by Gasteiger charge is 2.37. The molecule has 1 fully saturated rings. The van der Waals surface area contributed by atoms with Gasteiger partial charge in [0.2, 0.25) is 5.91 Å². The molecule has 1 unspecified atom stereocenters. The van der Waals surface area contributed by atoms with E-state index in [1.54, 1.807) is 37.3 Å². The molecular formula is C35H41NO8. The number of carbonyl (C=O) groups excluding carboxylic acids is 2. The van der Waals surface area contributed by atoms with E-state index in [1.165, 1.54) is 0 Å². The molecule has 1 aliphatic heterocycles. The van der Waals surface area contributed by atoms with Gasteiger partial charge in [-0.2, -0.15) is 0 Å². The Hall–Kier alpha value is -4.53. The number of methoxy groups -OCH3 is 2. The molecule has 234 valence electrons. The normalized spacial score (nSPS) is 16.0. The Labute approximate surface area is 258 Å². The molecule has 0 aromatic heterocycles. The van der Waals surface area contributed by atoms with Crippen LogP contribution in [-0.2, 0) is 25.5 Å². The van der Waals surface area contributed by atoms with Crippen molar-refractivity contribution in [2.24, 2.45) is 0 Å². The van der Waals surface area contributed by atoms with Crippen LogP contribution < -0.4 is 14.2 Å². The Bertz CT molecular complexity index is 1410. The standard InChI is InChI=1S/C35H41NO8/c1-4-28(25-11-6-5-7-12-25)34(39)36-20-9-8-15-29(36)35(40)44-30(26-13-10-14-27(22-26)43-23-33(37)38)18-16-24-17-19-31(41-2)32(21-24)42-3/h5-7,10-14,17,19,21-22,28-30H,4,8-9,15-16,18,20,23H2,1-3H3,(H,37,38)/t28-,29+,30?/m1/s1. The van der Waals surface area contributed by atoms with E-state index in [4.69, 9.17) is 24.1 Å². The number of carboxylic acid groups (broad SMARTS) is 1. The van der Waals surface area contributed by atoms with Gasteiger partial charge in [0.15, 0.2) is 18.1 Å². The zero-order valence-corrected chi connectivity index (χ0v) is 25.6. The number of hydrogen-bond acceptors (Lipinski definition) is 7. The van der Waals surface area contributed by atoms with Crippen LogP contribution in [0.2, 0.25) is 0 Å². The van der Waals surface area contributed by atoms with Crippen LogP contribution in [0.4, 0.5) is 0 Å². The smallest absolute Gasteiger partial charge is 0.341 e. The molecule has 1 N–H and O–H groups in total. The number of aliphatic carboxylic acids is 1. The van der Waals surface area contributed by atoms with Gasteiger partial charge in [-0.1, -0.05) is 55.5 Å². The second-order valence-corrected chi connectivity index (χ2v) is 10.8. The number of piperidine rings is 1. The summed E-state index contributed by atoms with van der Waals surface area (Å²) in [5.74, 6) is -0.363. The highest BCUT2D eigenvalue weighted by Crippen LogP contribution is 2.33. The number of amides is 1. The first-order valence-electron chi connectivity index (χ1n) is 15.1. The number of carbonyl (C=O) groups is 3. The molecule has 1 heterocycles. The van der Waals surface area contributed by atoms with Gasteiger partial charge in [0.05, 0.1) is 20.1 Å². The van der Waals surface area contributed by atoms with Crippen LogP contribution in [0.5, 0.6) is 17.2 Å². The van der Waals surface area contributed by atoms with Crippen molar-refractivity contribution in [1.82, 2.24) is 4.90 Å². The summed E-state index contributed by atoms with van der Waals surface area (Å²) in [4.78, 5) is 40.5. The number of benzene rings is 3. The second-order valence-electron chi connectivity index (χ2n) is 10.8. The Morgan fingerprint density at radius 2 is 1.66 bits per heavy atom. The van der Waals surface area contributed by atoms with Gasteiger partial charge in [-0.15, -0.1) is 0 Å². The highest BCUT2D eigenvalue weighted by molar-refractivity contribution is 5.89. The lowest BCUT2D eigenvalue weighted by atomic mass is 9.92. The first-order valence-corrected chi connectivity index (χ1v) is 15.1. The number of ether oxygens (including phenoxy) is 4. The Kier molecular flexibility index (Phi) is 11.6. The van der Waals surface area contributed by atoms with Crippen LogP contribution >= 0.6 is 0 Å². The molecule has 1 saturated heterocycles. The monoisotopic (exact) mass is 603 g/mol. The Morgan fingerprint density at radius 3 is 2.36 bits per heavy atom. The van der Waals surface area contributed by atoms with Gasteiger partial charge >= 0.3 is 11.9 Å². The average molecular weight is 604 g/mol. The topological polar surface area (TPSA) is 112 Å². The summed E-state index contributed by atoms with van der Waals surface area (Å²) in [7, 11) is 3.15. The highest BCUT2D eigenvalue weighted by atomic mass is 16.5. The van der Waals surface area contributed by atoms with Crippen LogP contribution in [0.1, 0.15) is 67.7 Å². The minimum Gasteiger partial charge on any atom is -0.493 e. The van der Waals surface area contributed by atoms with Crippen molar-refractivity contribution in [3.05, 3.63) is 89.5 Å². The van der Waals surface area contributed by atoms with E-state index >= 15 is 0 Å². The van der Waals surface area contributed by atoms with Crippen molar-refractivity contribution in [2.75, 3.05) is 27.4 Å². The summed E-state index contributed by atoms with van der Waals surface area (Å²) >= 11 is 0. The molecule has 4 rings (SSSR count). The minimum absolute atomic E-state index is 0.0636. The number of rotatable bonds is 14. The molecule has 0 aliphatic carbocycles. The fraction of sp³-hybridized carbons (Fsp3) is 0.400. The molecule has 9 nitrogen and oxygen atoms in total. The first-order chi connectivity index (χ1) is 21.3. The van der Waals surface area contributed by atoms with Crippen molar-refractivity contribution in [1.29, 1.82) is 0 Å². The van der Waals surface area contributed by atoms with Crippen LogP contribution in [0.25, 0.3) is 0 Å². The second kappa shape index (κ2) is 15.8. The largest absolute Gasteiger partial charge is 0.493 e.